The van der Waals surface area contributed by atoms with Crippen LogP contribution in [-0.2, 0) is 11.3 Å². The molecule has 3 heterocycles. The van der Waals surface area contributed by atoms with Crippen molar-refractivity contribution in [3.05, 3.63) is 30.4 Å². The van der Waals surface area contributed by atoms with E-state index in [1.165, 1.54) is 0 Å². The monoisotopic (exact) mass is 258 g/mol. The summed E-state index contributed by atoms with van der Waals surface area (Å²) in [6.07, 6.45) is 5.64. The molecular formula is C14H18N4O. The van der Waals surface area contributed by atoms with Crippen LogP contribution in [0.4, 0.5) is 0 Å². The fourth-order valence-corrected chi connectivity index (χ4v) is 2.46. The van der Waals surface area contributed by atoms with Crippen molar-refractivity contribution in [3.8, 4) is 11.4 Å². The molecule has 0 aromatic carbocycles. The van der Waals surface area contributed by atoms with Gasteiger partial charge in [0.05, 0.1) is 0 Å². The van der Waals surface area contributed by atoms with E-state index in [2.05, 4.69) is 17.0 Å². The van der Waals surface area contributed by atoms with Crippen molar-refractivity contribution >= 4 is 0 Å². The average molecular weight is 258 g/mol. The lowest BCUT2D eigenvalue weighted by Gasteiger charge is -2.21. The Morgan fingerprint density at radius 2 is 2.21 bits per heavy atom. The minimum Gasteiger partial charge on any atom is -0.381 e. The van der Waals surface area contributed by atoms with Gasteiger partial charge >= 0.3 is 0 Å². The molecule has 0 bridgehead atoms. The normalized spacial score (nSPS) is 16.7. The Morgan fingerprint density at radius 1 is 1.37 bits per heavy atom. The number of hydrogen-bond donors (Lipinski definition) is 0. The highest BCUT2D eigenvalue weighted by molar-refractivity contribution is 5.52. The lowest BCUT2D eigenvalue weighted by atomic mass is 9.99. The summed E-state index contributed by atoms with van der Waals surface area (Å²) in [6, 6.07) is 3.91. The van der Waals surface area contributed by atoms with Crippen LogP contribution in [0.5, 0.6) is 0 Å². The van der Waals surface area contributed by atoms with Crippen molar-refractivity contribution in [2.75, 3.05) is 13.2 Å². The van der Waals surface area contributed by atoms with Crippen LogP contribution < -0.4 is 0 Å². The van der Waals surface area contributed by atoms with Gasteiger partial charge in [0.25, 0.3) is 0 Å². The maximum absolute atomic E-state index is 5.42. The summed E-state index contributed by atoms with van der Waals surface area (Å²) in [5, 5.41) is 4.60. The maximum atomic E-state index is 5.42. The quantitative estimate of drug-likeness (QED) is 0.847. The number of pyridine rings is 1. The molecule has 1 fully saturated rings. The zero-order valence-corrected chi connectivity index (χ0v) is 11.1. The zero-order chi connectivity index (χ0) is 13.1. The number of aromatic nitrogens is 4. The summed E-state index contributed by atoms with van der Waals surface area (Å²) < 4.78 is 7.43. The lowest BCUT2D eigenvalue weighted by molar-refractivity contribution is 0.0826. The van der Waals surface area contributed by atoms with Gasteiger partial charge in [0, 0.05) is 43.6 Å². The van der Waals surface area contributed by atoms with Gasteiger partial charge in [-0.1, -0.05) is 0 Å². The smallest absolute Gasteiger partial charge is 0.182 e. The van der Waals surface area contributed by atoms with Crippen molar-refractivity contribution in [3.63, 3.8) is 0 Å². The number of hydrogen-bond acceptors (Lipinski definition) is 4. The van der Waals surface area contributed by atoms with Crippen LogP contribution in [0, 0.1) is 0 Å². The summed E-state index contributed by atoms with van der Waals surface area (Å²) >= 11 is 0. The Kier molecular flexibility index (Phi) is 3.55. The van der Waals surface area contributed by atoms with Crippen molar-refractivity contribution in [2.45, 2.75) is 32.2 Å². The van der Waals surface area contributed by atoms with Crippen LogP contribution in [0.15, 0.2) is 24.5 Å². The molecule has 19 heavy (non-hydrogen) atoms. The molecule has 5 nitrogen and oxygen atoms in total. The Labute approximate surface area is 112 Å². The Bertz CT molecular complexity index is 532. The van der Waals surface area contributed by atoms with Crippen LogP contribution in [0.2, 0.25) is 0 Å². The van der Waals surface area contributed by atoms with Crippen LogP contribution in [0.3, 0.4) is 0 Å². The highest BCUT2D eigenvalue weighted by Crippen LogP contribution is 2.27. The van der Waals surface area contributed by atoms with Gasteiger partial charge in [-0.25, -0.2) is 9.67 Å². The summed E-state index contributed by atoms with van der Waals surface area (Å²) in [5.41, 5.74) is 0.975. The first kappa shape index (κ1) is 12.3. The van der Waals surface area contributed by atoms with Crippen molar-refractivity contribution < 1.29 is 4.74 Å². The van der Waals surface area contributed by atoms with Gasteiger partial charge in [-0.3, -0.25) is 4.98 Å². The highest BCUT2D eigenvalue weighted by Gasteiger charge is 2.22. The number of ether oxygens (including phenoxy) is 1. The predicted molar refractivity (Wildman–Crippen MR) is 71.7 cm³/mol. The first-order valence-electron chi connectivity index (χ1n) is 6.81. The molecule has 100 valence electrons. The van der Waals surface area contributed by atoms with Crippen molar-refractivity contribution in [2.24, 2.45) is 0 Å². The molecule has 0 unspecified atom stereocenters. The standard InChI is InChI=1S/C14H18N4O/c1-2-18-14(11-5-8-19-9-6-11)16-13(17-18)12-4-3-7-15-10-12/h3-4,7,10-11H,2,5-6,8-9H2,1H3. The molecule has 5 heteroatoms. The molecule has 0 saturated carbocycles. The van der Waals surface area contributed by atoms with E-state index in [0.717, 1.165) is 49.8 Å². The second-order valence-electron chi connectivity index (χ2n) is 4.74. The summed E-state index contributed by atoms with van der Waals surface area (Å²) in [5.74, 6) is 2.33. The van der Waals surface area contributed by atoms with E-state index < -0.39 is 0 Å². The summed E-state index contributed by atoms with van der Waals surface area (Å²) in [4.78, 5) is 8.86. The molecule has 1 aliphatic heterocycles. The third kappa shape index (κ3) is 2.51. The number of aryl methyl sites for hydroxylation is 1. The van der Waals surface area contributed by atoms with Gasteiger partial charge in [0.2, 0.25) is 0 Å². The van der Waals surface area contributed by atoms with Gasteiger partial charge in [-0.2, -0.15) is 5.10 Å². The third-order valence-corrected chi connectivity index (χ3v) is 3.51. The van der Waals surface area contributed by atoms with E-state index in [0.29, 0.717) is 5.92 Å². The van der Waals surface area contributed by atoms with Crippen molar-refractivity contribution in [1.29, 1.82) is 0 Å². The SMILES string of the molecule is CCn1nc(-c2cccnc2)nc1C1CCOCC1. The Balaban J connectivity index is 1.94. The molecular weight excluding hydrogens is 240 g/mol. The van der Waals surface area contributed by atoms with Gasteiger partial charge < -0.3 is 4.74 Å². The molecule has 0 N–H and O–H groups in total. The number of rotatable bonds is 3. The molecule has 1 aliphatic rings. The fraction of sp³-hybridized carbons (Fsp3) is 0.500. The lowest BCUT2D eigenvalue weighted by Crippen LogP contribution is -2.18. The predicted octanol–water partition coefficient (Wildman–Crippen LogP) is 2.25. The first-order chi connectivity index (χ1) is 9.38. The minimum absolute atomic E-state index is 0.464. The van der Waals surface area contributed by atoms with E-state index in [1.807, 2.05) is 23.0 Å². The van der Waals surface area contributed by atoms with Crippen LogP contribution in [0.1, 0.15) is 31.5 Å². The minimum atomic E-state index is 0.464. The van der Waals surface area contributed by atoms with Crippen LogP contribution in [-0.4, -0.2) is 33.0 Å². The third-order valence-electron chi connectivity index (χ3n) is 3.51. The number of nitrogens with zero attached hydrogens (tertiary/aromatic N) is 4. The maximum Gasteiger partial charge on any atom is 0.182 e. The molecule has 1 saturated heterocycles. The summed E-state index contributed by atoms with van der Waals surface area (Å²) in [7, 11) is 0. The largest absolute Gasteiger partial charge is 0.381 e. The molecule has 0 radical (unpaired) electrons. The summed E-state index contributed by atoms with van der Waals surface area (Å²) in [6.45, 7) is 4.59. The topological polar surface area (TPSA) is 52.8 Å². The van der Waals surface area contributed by atoms with Gasteiger partial charge in [-0.15, -0.1) is 0 Å². The van der Waals surface area contributed by atoms with Crippen LogP contribution >= 0.6 is 0 Å². The molecule has 2 aromatic heterocycles. The van der Waals surface area contributed by atoms with E-state index in [4.69, 9.17) is 9.72 Å². The molecule has 2 aromatic rings. The Morgan fingerprint density at radius 3 is 2.89 bits per heavy atom. The van der Waals surface area contributed by atoms with Gasteiger partial charge in [0.1, 0.15) is 5.82 Å². The van der Waals surface area contributed by atoms with E-state index >= 15 is 0 Å². The molecule has 0 aliphatic carbocycles. The van der Waals surface area contributed by atoms with E-state index in [-0.39, 0.29) is 0 Å². The van der Waals surface area contributed by atoms with Crippen molar-refractivity contribution in [1.82, 2.24) is 19.7 Å². The second kappa shape index (κ2) is 5.48. The fourth-order valence-electron chi connectivity index (χ4n) is 2.46. The molecule has 0 amide bonds. The molecule has 0 spiro atoms. The first-order valence-corrected chi connectivity index (χ1v) is 6.81. The Hall–Kier alpha value is -1.75. The van der Waals surface area contributed by atoms with Crippen LogP contribution in [0.25, 0.3) is 11.4 Å². The van der Waals surface area contributed by atoms with E-state index in [9.17, 15) is 0 Å². The molecule has 0 atom stereocenters. The average Bonchev–Trinajstić information content (AvgIpc) is 2.93. The van der Waals surface area contributed by atoms with Gasteiger partial charge in [-0.05, 0) is 31.9 Å². The second-order valence-corrected chi connectivity index (χ2v) is 4.74. The van der Waals surface area contributed by atoms with Gasteiger partial charge in [0.15, 0.2) is 5.82 Å². The van der Waals surface area contributed by atoms with E-state index in [1.54, 1.807) is 6.20 Å². The zero-order valence-electron chi connectivity index (χ0n) is 11.1. The molecule has 3 rings (SSSR count). The highest BCUT2D eigenvalue weighted by atomic mass is 16.5.